The van der Waals surface area contributed by atoms with Crippen LogP contribution in [-0.2, 0) is 0 Å². The smallest absolute Gasteiger partial charge is 0.165 e. The molecule has 0 atom stereocenters. The van der Waals surface area contributed by atoms with Crippen molar-refractivity contribution in [3.8, 4) is 22.8 Å². The van der Waals surface area contributed by atoms with Crippen LogP contribution < -0.4 is 0 Å². The summed E-state index contributed by atoms with van der Waals surface area (Å²) < 4.78 is 7.18. The molecule has 0 bridgehead atoms. The van der Waals surface area contributed by atoms with Crippen molar-refractivity contribution in [3.05, 3.63) is 164 Å². The molecule has 9 aromatic rings. The van der Waals surface area contributed by atoms with Crippen molar-refractivity contribution in [2.24, 2.45) is 0 Å². The normalized spacial score (nSPS) is 13.4. The number of imidazole rings is 1. The van der Waals surface area contributed by atoms with Crippen molar-refractivity contribution in [1.29, 1.82) is 0 Å². The van der Waals surface area contributed by atoms with Gasteiger partial charge in [-0.2, -0.15) is 0 Å². The van der Waals surface area contributed by atoms with Gasteiger partial charge in [-0.1, -0.05) is 97.1 Å². The van der Waals surface area contributed by atoms with E-state index in [-0.39, 0.29) is 0 Å². The molecular formula is C43H30N6. The number of nitrogens with zero attached hydrogens (tertiary/aromatic N) is 6. The molecule has 4 aromatic heterocycles. The van der Waals surface area contributed by atoms with Crippen LogP contribution in [0.2, 0.25) is 0 Å². The Hall–Kier alpha value is -6.53. The standard InChI is InChI=1S/C43H30N6/c1-4-13-30(14-5-1)42-46-43-40(49(42)32-17-8-3-9-18-32)38-37(48(43)31-15-6-2-7-16-31)26-25-35-34-19-10-11-20-36(34)47(39(35)38)33-23-21-29(22-24-33)41-44-27-12-28-45-41/h1-21,23,25-28H,22,24H2. The number of hydrogen-bond acceptors (Lipinski definition) is 3. The Labute approximate surface area is 282 Å². The Morgan fingerprint density at radius 1 is 0.490 bits per heavy atom. The zero-order valence-electron chi connectivity index (χ0n) is 26.6. The topological polar surface area (TPSA) is 53.5 Å². The molecule has 6 nitrogen and oxygen atoms in total. The summed E-state index contributed by atoms with van der Waals surface area (Å²) in [6.07, 6.45) is 9.81. The first-order valence-electron chi connectivity index (χ1n) is 16.7. The van der Waals surface area contributed by atoms with Gasteiger partial charge in [0.05, 0.1) is 21.9 Å². The highest BCUT2D eigenvalue weighted by molar-refractivity contribution is 6.26. The van der Waals surface area contributed by atoms with Gasteiger partial charge in [0.2, 0.25) is 0 Å². The van der Waals surface area contributed by atoms with E-state index in [9.17, 15) is 0 Å². The van der Waals surface area contributed by atoms with Gasteiger partial charge in [-0.05, 0) is 67.0 Å². The third-order valence-electron chi connectivity index (χ3n) is 9.69. The second-order valence-electron chi connectivity index (χ2n) is 12.4. The lowest BCUT2D eigenvalue weighted by molar-refractivity contribution is 0.968. The summed E-state index contributed by atoms with van der Waals surface area (Å²) in [4.78, 5) is 14.6. The van der Waals surface area contributed by atoms with E-state index >= 15 is 0 Å². The summed E-state index contributed by atoms with van der Waals surface area (Å²) in [7, 11) is 0. The molecule has 0 spiro atoms. The molecule has 0 amide bonds. The molecule has 0 saturated carbocycles. The van der Waals surface area contributed by atoms with E-state index in [1.54, 1.807) is 0 Å². The van der Waals surface area contributed by atoms with E-state index in [1.165, 1.54) is 32.9 Å². The highest BCUT2D eigenvalue weighted by Crippen LogP contribution is 2.45. The number of aromatic nitrogens is 6. The summed E-state index contributed by atoms with van der Waals surface area (Å²) in [6, 6.07) is 47.0. The lowest BCUT2D eigenvalue weighted by Crippen LogP contribution is -2.03. The molecule has 1 aliphatic rings. The molecule has 4 heterocycles. The quantitative estimate of drug-likeness (QED) is 0.190. The summed E-state index contributed by atoms with van der Waals surface area (Å²) in [5.74, 6) is 1.71. The van der Waals surface area contributed by atoms with Gasteiger partial charge in [0.1, 0.15) is 11.3 Å². The molecule has 0 N–H and O–H groups in total. The van der Waals surface area contributed by atoms with Crippen LogP contribution in [0, 0.1) is 0 Å². The van der Waals surface area contributed by atoms with Crippen LogP contribution >= 0.6 is 0 Å². The van der Waals surface area contributed by atoms with Gasteiger partial charge in [0.15, 0.2) is 11.5 Å². The molecular weight excluding hydrogens is 601 g/mol. The minimum absolute atomic E-state index is 0.796. The average Bonchev–Trinajstić information content (AvgIpc) is 3.83. The van der Waals surface area contributed by atoms with Crippen LogP contribution in [-0.4, -0.2) is 28.7 Å². The predicted octanol–water partition coefficient (Wildman–Crippen LogP) is 10.3. The fourth-order valence-corrected chi connectivity index (χ4v) is 7.58. The number of para-hydroxylation sites is 3. The van der Waals surface area contributed by atoms with Crippen molar-refractivity contribution < 1.29 is 0 Å². The first-order chi connectivity index (χ1) is 24.3. The predicted molar refractivity (Wildman–Crippen MR) is 200 cm³/mol. The number of benzene rings is 5. The zero-order chi connectivity index (χ0) is 32.3. The van der Waals surface area contributed by atoms with E-state index in [2.05, 4.69) is 163 Å². The minimum atomic E-state index is 0.796. The maximum absolute atomic E-state index is 5.50. The van der Waals surface area contributed by atoms with Crippen LogP contribution in [0.25, 0.3) is 77.9 Å². The van der Waals surface area contributed by atoms with Gasteiger partial charge in [-0.15, -0.1) is 0 Å². The van der Waals surface area contributed by atoms with Crippen molar-refractivity contribution in [2.45, 2.75) is 12.8 Å². The number of allylic oxidation sites excluding steroid dienone is 4. The lowest BCUT2D eigenvalue weighted by atomic mass is 10.0. The van der Waals surface area contributed by atoms with Gasteiger partial charge in [-0.3, -0.25) is 9.13 Å². The maximum atomic E-state index is 5.50. The summed E-state index contributed by atoms with van der Waals surface area (Å²) in [5.41, 5.74) is 11.1. The molecule has 6 heteroatoms. The molecule has 5 aromatic carbocycles. The van der Waals surface area contributed by atoms with Crippen molar-refractivity contribution in [1.82, 2.24) is 28.7 Å². The number of fused-ring (bicyclic) bond motifs is 7. The van der Waals surface area contributed by atoms with E-state index in [0.717, 1.165) is 63.7 Å². The highest BCUT2D eigenvalue weighted by atomic mass is 15.2. The van der Waals surface area contributed by atoms with Crippen molar-refractivity contribution in [3.63, 3.8) is 0 Å². The Kier molecular flexibility index (Phi) is 6.21. The SMILES string of the molecule is C1=C(c2ncccn2)CCC(n2c3ccccc3c3ccc4c(c5c(nc(-c6ccccc6)n5-c5ccccc5)n4-c4ccccc4)c32)=C1. The second-order valence-corrected chi connectivity index (χ2v) is 12.4. The molecule has 232 valence electrons. The maximum Gasteiger partial charge on any atom is 0.165 e. The van der Waals surface area contributed by atoms with Crippen LogP contribution in [0.1, 0.15) is 18.7 Å². The molecule has 0 aliphatic heterocycles. The van der Waals surface area contributed by atoms with E-state index in [1.807, 2.05) is 18.5 Å². The average molecular weight is 631 g/mol. The molecule has 0 unspecified atom stereocenters. The molecule has 0 fully saturated rings. The Morgan fingerprint density at radius 3 is 1.88 bits per heavy atom. The monoisotopic (exact) mass is 630 g/mol. The molecule has 0 radical (unpaired) electrons. The van der Waals surface area contributed by atoms with Gasteiger partial charge >= 0.3 is 0 Å². The van der Waals surface area contributed by atoms with Crippen molar-refractivity contribution >= 4 is 55.1 Å². The fraction of sp³-hybridized carbons (Fsp3) is 0.0465. The lowest BCUT2D eigenvalue weighted by Gasteiger charge is -2.18. The Bertz CT molecular complexity index is 2730. The Balaban J connectivity index is 1.38. The van der Waals surface area contributed by atoms with Gasteiger partial charge in [-0.25, -0.2) is 15.0 Å². The fourth-order valence-electron chi connectivity index (χ4n) is 7.58. The molecule has 0 saturated heterocycles. The summed E-state index contributed by atoms with van der Waals surface area (Å²) in [6.45, 7) is 0. The van der Waals surface area contributed by atoms with Gasteiger partial charge in [0.25, 0.3) is 0 Å². The van der Waals surface area contributed by atoms with Gasteiger partial charge in [0, 0.05) is 45.8 Å². The van der Waals surface area contributed by atoms with E-state index in [4.69, 9.17) is 4.98 Å². The van der Waals surface area contributed by atoms with Crippen LogP contribution in [0.5, 0.6) is 0 Å². The van der Waals surface area contributed by atoms with Crippen LogP contribution in [0.3, 0.4) is 0 Å². The largest absolute Gasteiger partial charge is 0.312 e. The summed E-state index contributed by atoms with van der Waals surface area (Å²) >= 11 is 0. The first-order valence-corrected chi connectivity index (χ1v) is 16.7. The van der Waals surface area contributed by atoms with E-state index < -0.39 is 0 Å². The molecule has 49 heavy (non-hydrogen) atoms. The number of hydrogen-bond donors (Lipinski definition) is 0. The first kappa shape index (κ1) is 27.6. The van der Waals surface area contributed by atoms with Crippen LogP contribution in [0.15, 0.2) is 158 Å². The van der Waals surface area contributed by atoms with E-state index in [0.29, 0.717) is 0 Å². The second kappa shape index (κ2) is 11.0. The highest BCUT2D eigenvalue weighted by Gasteiger charge is 2.27. The van der Waals surface area contributed by atoms with Crippen LogP contribution in [0.4, 0.5) is 0 Å². The molecule has 1 aliphatic carbocycles. The minimum Gasteiger partial charge on any atom is -0.312 e. The third kappa shape index (κ3) is 4.24. The zero-order valence-corrected chi connectivity index (χ0v) is 26.6. The number of rotatable bonds is 5. The summed E-state index contributed by atoms with van der Waals surface area (Å²) in [5, 5.41) is 3.63. The van der Waals surface area contributed by atoms with Gasteiger partial charge < -0.3 is 4.57 Å². The third-order valence-corrected chi connectivity index (χ3v) is 9.69. The molecule has 10 rings (SSSR count). The Morgan fingerprint density at radius 2 is 1.16 bits per heavy atom. The van der Waals surface area contributed by atoms with Crippen molar-refractivity contribution in [2.75, 3.05) is 0 Å².